The van der Waals surface area contributed by atoms with E-state index in [0.29, 0.717) is 31.5 Å². The van der Waals surface area contributed by atoms with Crippen molar-refractivity contribution < 1.29 is 26.9 Å². The molecule has 9 nitrogen and oxygen atoms in total. The van der Waals surface area contributed by atoms with Crippen LogP contribution in [0.15, 0.2) is 57.9 Å². The van der Waals surface area contributed by atoms with Gasteiger partial charge in [0.05, 0.1) is 7.11 Å². The minimum Gasteiger partial charge on any atom is -0.497 e. The zero-order valence-corrected chi connectivity index (χ0v) is 23.4. The van der Waals surface area contributed by atoms with Crippen molar-refractivity contribution in [3.05, 3.63) is 71.4 Å². The van der Waals surface area contributed by atoms with Crippen LogP contribution >= 0.6 is 0 Å². The minimum absolute atomic E-state index is 0.0291. The Kier molecular flexibility index (Phi) is 8.22. The summed E-state index contributed by atoms with van der Waals surface area (Å²) < 4.78 is 53.2. The van der Waals surface area contributed by atoms with Crippen LogP contribution in [0.25, 0.3) is 12.2 Å². The molecule has 0 bridgehead atoms. The highest BCUT2D eigenvalue weighted by Crippen LogP contribution is 2.30. The molecule has 3 heterocycles. The number of hydrogen-bond donors (Lipinski definition) is 0. The number of aromatic nitrogens is 1. The SMILES string of the molecule is COc1cccc(N2CCN(C(=O)C3CCN(S(=O)(=O)c4c(C)noc4/C=C/c4ccccc4F)CC3)CC2)c1. The van der Waals surface area contributed by atoms with Gasteiger partial charge in [-0.25, -0.2) is 12.8 Å². The predicted octanol–water partition coefficient (Wildman–Crippen LogP) is 4.05. The normalized spacial score (nSPS) is 17.5. The van der Waals surface area contributed by atoms with Crippen LogP contribution in [0, 0.1) is 18.7 Å². The maximum absolute atomic E-state index is 14.0. The average molecular weight is 569 g/mol. The molecule has 2 aliphatic heterocycles. The molecule has 1 aromatic heterocycles. The van der Waals surface area contributed by atoms with E-state index in [1.54, 1.807) is 32.2 Å². The summed E-state index contributed by atoms with van der Waals surface area (Å²) in [6, 6.07) is 14.1. The van der Waals surface area contributed by atoms with Crippen molar-refractivity contribution in [2.45, 2.75) is 24.7 Å². The third-order valence-electron chi connectivity index (χ3n) is 7.56. The summed E-state index contributed by atoms with van der Waals surface area (Å²) in [4.78, 5) is 17.4. The third-order valence-corrected chi connectivity index (χ3v) is 9.62. The van der Waals surface area contributed by atoms with E-state index in [0.717, 1.165) is 24.5 Å². The topological polar surface area (TPSA) is 96.2 Å². The smallest absolute Gasteiger partial charge is 0.248 e. The molecule has 2 aliphatic rings. The summed E-state index contributed by atoms with van der Waals surface area (Å²) >= 11 is 0. The Hall–Kier alpha value is -3.70. The number of nitrogens with zero attached hydrogens (tertiary/aromatic N) is 4. The van der Waals surface area contributed by atoms with E-state index >= 15 is 0 Å². The van der Waals surface area contributed by atoms with Crippen molar-refractivity contribution >= 4 is 33.8 Å². The molecule has 0 radical (unpaired) electrons. The molecule has 40 heavy (non-hydrogen) atoms. The fourth-order valence-electron chi connectivity index (χ4n) is 5.30. The van der Waals surface area contributed by atoms with Gasteiger partial charge in [-0.1, -0.05) is 29.4 Å². The number of hydrogen-bond acceptors (Lipinski definition) is 7. The van der Waals surface area contributed by atoms with Crippen molar-refractivity contribution in [2.75, 3.05) is 51.3 Å². The number of halogens is 1. The van der Waals surface area contributed by atoms with E-state index in [9.17, 15) is 17.6 Å². The molecule has 3 aromatic rings. The van der Waals surface area contributed by atoms with Crippen molar-refractivity contribution in [3.8, 4) is 5.75 Å². The van der Waals surface area contributed by atoms with Crippen LogP contribution in [-0.2, 0) is 14.8 Å². The van der Waals surface area contributed by atoms with E-state index in [1.165, 1.54) is 22.5 Å². The van der Waals surface area contributed by atoms with E-state index in [1.807, 2.05) is 29.2 Å². The maximum Gasteiger partial charge on any atom is 0.248 e. The lowest BCUT2D eigenvalue weighted by atomic mass is 9.96. The average Bonchev–Trinajstić information content (AvgIpc) is 3.37. The molecule has 5 rings (SSSR count). The standard InChI is InChI=1S/C29H33FN4O5S/c1-21-28(27(39-31-21)11-10-22-6-3-4-9-26(22)30)40(36,37)34-14-12-23(13-15-34)29(35)33-18-16-32(17-19-33)24-7-5-8-25(20-24)38-2/h3-11,20,23H,12-19H2,1-2H3/b11-10+. The maximum atomic E-state index is 14.0. The summed E-state index contributed by atoms with van der Waals surface area (Å²) in [6.45, 7) is 4.70. The first-order valence-corrected chi connectivity index (χ1v) is 14.8. The summed E-state index contributed by atoms with van der Waals surface area (Å²) in [5.74, 6) is 0.281. The molecule has 0 unspecified atom stereocenters. The Bertz CT molecular complexity index is 1490. The summed E-state index contributed by atoms with van der Waals surface area (Å²) in [6.07, 6.45) is 3.78. The van der Waals surface area contributed by atoms with Gasteiger partial charge in [0.1, 0.15) is 17.3 Å². The lowest BCUT2D eigenvalue weighted by Gasteiger charge is -2.39. The van der Waals surface area contributed by atoms with Crippen LogP contribution < -0.4 is 9.64 Å². The van der Waals surface area contributed by atoms with Crippen LogP contribution in [0.5, 0.6) is 5.75 Å². The first-order chi connectivity index (χ1) is 19.3. The molecule has 0 spiro atoms. The summed E-state index contributed by atoms with van der Waals surface area (Å²) in [5, 5.41) is 3.86. The molecule has 0 aliphatic carbocycles. The van der Waals surface area contributed by atoms with Crippen molar-refractivity contribution in [1.29, 1.82) is 0 Å². The Morgan fingerprint density at radius 3 is 2.45 bits per heavy atom. The van der Waals surface area contributed by atoms with Gasteiger partial charge < -0.3 is 19.1 Å². The number of carbonyl (C=O) groups is 1. The van der Waals surface area contributed by atoms with Gasteiger partial charge in [-0.15, -0.1) is 0 Å². The van der Waals surface area contributed by atoms with Gasteiger partial charge >= 0.3 is 0 Å². The predicted molar refractivity (Wildman–Crippen MR) is 150 cm³/mol. The van der Waals surface area contributed by atoms with E-state index in [2.05, 4.69) is 10.1 Å². The Labute approximate surface area is 233 Å². The van der Waals surface area contributed by atoms with Crippen molar-refractivity contribution in [3.63, 3.8) is 0 Å². The number of piperidine rings is 1. The fourth-order valence-corrected chi connectivity index (χ4v) is 7.02. The number of ether oxygens (including phenoxy) is 1. The van der Waals surface area contributed by atoms with Crippen LogP contribution in [0.1, 0.15) is 29.9 Å². The number of rotatable bonds is 7. The number of sulfonamides is 1. The van der Waals surface area contributed by atoms with E-state index < -0.39 is 15.8 Å². The molecule has 1 amide bonds. The Morgan fingerprint density at radius 1 is 1.02 bits per heavy atom. The molecule has 0 atom stereocenters. The van der Waals surface area contributed by atoms with Crippen LogP contribution in [-0.4, -0.2) is 75.1 Å². The van der Waals surface area contributed by atoms with Gasteiger partial charge in [0.15, 0.2) is 10.7 Å². The van der Waals surface area contributed by atoms with Gasteiger partial charge in [-0.05, 0) is 50.1 Å². The zero-order valence-electron chi connectivity index (χ0n) is 22.6. The van der Waals surface area contributed by atoms with Gasteiger partial charge in [0.2, 0.25) is 15.9 Å². The Morgan fingerprint density at radius 2 is 1.75 bits per heavy atom. The highest BCUT2D eigenvalue weighted by molar-refractivity contribution is 7.89. The highest BCUT2D eigenvalue weighted by atomic mass is 32.2. The second-order valence-electron chi connectivity index (χ2n) is 10.0. The Balaban J connectivity index is 1.20. The summed E-state index contributed by atoms with van der Waals surface area (Å²) in [7, 11) is -2.28. The monoisotopic (exact) mass is 568 g/mol. The number of piperazine rings is 1. The number of methoxy groups -OCH3 is 1. The van der Waals surface area contributed by atoms with Gasteiger partial charge in [0, 0.05) is 62.5 Å². The number of amides is 1. The highest BCUT2D eigenvalue weighted by Gasteiger charge is 2.37. The van der Waals surface area contributed by atoms with E-state index in [-0.39, 0.29) is 41.3 Å². The molecule has 11 heteroatoms. The number of aryl methyl sites for hydroxylation is 1. The number of carbonyl (C=O) groups excluding carboxylic acids is 1. The zero-order chi connectivity index (χ0) is 28.3. The van der Waals surface area contributed by atoms with Crippen molar-refractivity contribution in [2.24, 2.45) is 5.92 Å². The molecule has 0 N–H and O–H groups in total. The number of anilines is 1. The first kappa shape index (κ1) is 27.9. The fraction of sp³-hybridized carbons (Fsp3) is 0.379. The van der Waals surface area contributed by atoms with Gasteiger partial charge in [-0.2, -0.15) is 4.31 Å². The largest absolute Gasteiger partial charge is 0.497 e. The molecule has 2 saturated heterocycles. The van der Waals surface area contributed by atoms with Gasteiger partial charge in [-0.3, -0.25) is 4.79 Å². The molecule has 0 saturated carbocycles. The van der Waals surface area contributed by atoms with Crippen LogP contribution in [0.4, 0.5) is 10.1 Å². The molecular weight excluding hydrogens is 535 g/mol. The van der Waals surface area contributed by atoms with E-state index in [4.69, 9.17) is 9.26 Å². The summed E-state index contributed by atoms with van der Waals surface area (Å²) in [5.41, 5.74) is 1.61. The second kappa shape index (κ2) is 11.8. The quantitative estimate of drug-likeness (QED) is 0.424. The lowest BCUT2D eigenvalue weighted by Crippen LogP contribution is -2.52. The minimum atomic E-state index is -3.92. The van der Waals surface area contributed by atoms with Crippen LogP contribution in [0.2, 0.25) is 0 Å². The molecule has 2 fully saturated rings. The molecule has 2 aromatic carbocycles. The van der Waals surface area contributed by atoms with Gasteiger partial charge in [0.25, 0.3) is 0 Å². The lowest BCUT2D eigenvalue weighted by molar-refractivity contribution is -0.137. The molecular formula is C29H33FN4O5S. The van der Waals surface area contributed by atoms with Crippen molar-refractivity contribution in [1.82, 2.24) is 14.4 Å². The third kappa shape index (κ3) is 5.75. The second-order valence-corrected chi connectivity index (χ2v) is 11.9. The van der Waals surface area contributed by atoms with Crippen LogP contribution in [0.3, 0.4) is 0 Å². The number of benzene rings is 2. The molecule has 212 valence electrons. The first-order valence-electron chi connectivity index (χ1n) is 13.3.